The number of hydrogen-bond acceptors (Lipinski definition) is 8. The number of ether oxygens (including phenoxy) is 1. The van der Waals surface area contributed by atoms with Crippen LogP contribution in [0.4, 0.5) is 17.3 Å². The maximum atomic E-state index is 13.4. The standard InChI is InChI=1S/C27H28N6O4S/c1-37-23-4-2-3-5-24(23)38(35,36)33-13-12-20-18-28-27(30-25(20)33)29-21-8-10-22(11-9-21)31-14-16-32(17-15-31)26(34)19-6-7-19/h2-5,8-13,18-19H,6-7,14-17H2,1H3,(H,28,29,30). The van der Waals surface area contributed by atoms with Crippen LogP contribution in [0.15, 0.2) is 71.9 Å². The number of rotatable bonds is 7. The number of benzene rings is 2. The lowest BCUT2D eigenvalue weighted by atomic mass is 10.2. The molecule has 0 spiro atoms. The quantitative estimate of drug-likeness (QED) is 0.385. The smallest absolute Gasteiger partial charge is 0.273 e. The Morgan fingerprint density at radius 1 is 1.00 bits per heavy atom. The molecule has 10 nitrogen and oxygen atoms in total. The molecule has 3 heterocycles. The van der Waals surface area contributed by atoms with E-state index >= 15 is 0 Å². The molecule has 6 rings (SSSR count). The van der Waals surface area contributed by atoms with E-state index in [0.29, 0.717) is 11.3 Å². The van der Waals surface area contributed by atoms with Gasteiger partial charge in [-0.15, -0.1) is 0 Å². The summed E-state index contributed by atoms with van der Waals surface area (Å²) in [6, 6.07) is 16.1. The highest BCUT2D eigenvalue weighted by molar-refractivity contribution is 7.90. The Balaban J connectivity index is 1.18. The van der Waals surface area contributed by atoms with Crippen LogP contribution in [-0.4, -0.2) is 66.5 Å². The highest BCUT2D eigenvalue weighted by atomic mass is 32.2. The van der Waals surface area contributed by atoms with Crippen molar-refractivity contribution in [3.05, 3.63) is 67.0 Å². The van der Waals surface area contributed by atoms with Gasteiger partial charge in [0.15, 0.2) is 5.65 Å². The molecule has 196 valence electrons. The van der Waals surface area contributed by atoms with Gasteiger partial charge in [-0.05, 0) is 55.3 Å². The number of nitrogens with zero attached hydrogens (tertiary/aromatic N) is 5. The highest BCUT2D eigenvalue weighted by Crippen LogP contribution is 2.32. The highest BCUT2D eigenvalue weighted by Gasteiger charge is 2.34. The molecule has 1 amide bonds. The summed E-state index contributed by atoms with van der Waals surface area (Å²) in [7, 11) is -2.50. The van der Waals surface area contributed by atoms with Crippen molar-refractivity contribution in [2.45, 2.75) is 17.7 Å². The van der Waals surface area contributed by atoms with Crippen molar-refractivity contribution in [2.75, 3.05) is 43.5 Å². The molecular weight excluding hydrogens is 504 g/mol. The van der Waals surface area contributed by atoms with Gasteiger partial charge in [0.1, 0.15) is 10.6 Å². The summed E-state index contributed by atoms with van der Waals surface area (Å²) in [5.41, 5.74) is 2.13. The molecule has 1 N–H and O–H groups in total. The summed E-state index contributed by atoms with van der Waals surface area (Å²) in [4.78, 5) is 25.5. The lowest BCUT2D eigenvalue weighted by Gasteiger charge is -2.36. The van der Waals surface area contributed by atoms with Gasteiger partial charge in [0, 0.05) is 61.3 Å². The van der Waals surface area contributed by atoms with Gasteiger partial charge in [-0.3, -0.25) is 4.79 Å². The zero-order valence-electron chi connectivity index (χ0n) is 20.9. The van der Waals surface area contributed by atoms with Crippen molar-refractivity contribution in [2.24, 2.45) is 5.92 Å². The maximum absolute atomic E-state index is 13.4. The molecule has 4 aromatic rings. The average Bonchev–Trinajstić information content (AvgIpc) is 3.72. The first kappa shape index (κ1) is 24.2. The molecule has 1 aliphatic carbocycles. The van der Waals surface area contributed by atoms with Crippen molar-refractivity contribution in [1.82, 2.24) is 18.8 Å². The summed E-state index contributed by atoms with van der Waals surface area (Å²) in [6.45, 7) is 3.12. The number of amides is 1. The van der Waals surface area contributed by atoms with E-state index in [0.717, 1.165) is 54.4 Å². The summed E-state index contributed by atoms with van der Waals surface area (Å²) >= 11 is 0. The molecule has 1 saturated carbocycles. The number of hydrogen-bond donors (Lipinski definition) is 1. The van der Waals surface area contributed by atoms with Crippen LogP contribution in [0.3, 0.4) is 0 Å². The Morgan fingerprint density at radius 2 is 1.74 bits per heavy atom. The summed E-state index contributed by atoms with van der Waals surface area (Å²) in [5.74, 6) is 1.12. The zero-order valence-corrected chi connectivity index (χ0v) is 21.8. The van der Waals surface area contributed by atoms with Crippen LogP contribution in [0.5, 0.6) is 5.75 Å². The number of nitrogens with one attached hydrogen (secondary N) is 1. The topological polar surface area (TPSA) is 110 Å². The van der Waals surface area contributed by atoms with Gasteiger partial charge in [0.05, 0.1) is 7.11 Å². The predicted octanol–water partition coefficient (Wildman–Crippen LogP) is 3.48. The molecule has 0 atom stereocenters. The van der Waals surface area contributed by atoms with Gasteiger partial charge in [-0.25, -0.2) is 17.4 Å². The van der Waals surface area contributed by atoms with Gasteiger partial charge < -0.3 is 19.9 Å². The SMILES string of the molecule is COc1ccccc1S(=O)(=O)n1ccc2cnc(Nc3ccc(N4CCN(C(=O)C5CC5)CC4)cc3)nc21. The molecule has 2 fully saturated rings. The lowest BCUT2D eigenvalue weighted by molar-refractivity contribution is -0.132. The Bertz CT molecular complexity index is 1590. The van der Waals surface area contributed by atoms with Crippen molar-refractivity contribution in [3.63, 3.8) is 0 Å². The van der Waals surface area contributed by atoms with Gasteiger partial charge in [0.2, 0.25) is 11.9 Å². The van der Waals surface area contributed by atoms with Crippen molar-refractivity contribution < 1.29 is 17.9 Å². The monoisotopic (exact) mass is 532 g/mol. The number of piperazine rings is 1. The van der Waals surface area contributed by atoms with Crippen LogP contribution in [0.25, 0.3) is 11.0 Å². The molecule has 2 aliphatic rings. The molecule has 1 aliphatic heterocycles. The van der Waals surface area contributed by atoms with Crippen molar-refractivity contribution in [1.29, 1.82) is 0 Å². The van der Waals surface area contributed by atoms with Crippen molar-refractivity contribution in [3.8, 4) is 5.75 Å². The summed E-state index contributed by atoms with van der Waals surface area (Å²) in [5, 5.41) is 3.77. The fourth-order valence-corrected chi connectivity index (χ4v) is 6.21. The minimum Gasteiger partial charge on any atom is -0.495 e. The molecule has 1 saturated heterocycles. The predicted molar refractivity (Wildman–Crippen MR) is 144 cm³/mol. The summed E-state index contributed by atoms with van der Waals surface area (Å²) < 4.78 is 33.2. The van der Waals surface area contributed by atoms with Crippen molar-refractivity contribution >= 4 is 44.3 Å². The van der Waals surface area contributed by atoms with E-state index in [1.54, 1.807) is 30.5 Å². The van der Waals surface area contributed by atoms with E-state index in [4.69, 9.17) is 4.74 Å². The number of anilines is 3. The van der Waals surface area contributed by atoms with Crippen LogP contribution in [0, 0.1) is 5.92 Å². The molecule has 0 unspecified atom stereocenters. The largest absolute Gasteiger partial charge is 0.495 e. The van der Waals surface area contributed by atoms with Crippen LogP contribution < -0.4 is 15.0 Å². The number of aromatic nitrogens is 3. The Morgan fingerprint density at radius 3 is 2.45 bits per heavy atom. The first-order valence-electron chi connectivity index (χ1n) is 12.6. The van der Waals surface area contributed by atoms with Crippen LogP contribution in [0.2, 0.25) is 0 Å². The van der Waals surface area contributed by atoms with E-state index in [9.17, 15) is 13.2 Å². The lowest BCUT2D eigenvalue weighted by Crippen LogP contribution is -2.49. The van der Waals surface area contributed by atoms with Gasteiger partial charge in [-0.1, -0.05) is 12.1 Å². The minimum atomic E-state index is -3.94. The molecule has 11 heteroatoms. The molecular formula is C27H28N6O4S. The van der Waals surface area contributed by atoms with Crippen LogP contribution in [0.1, 0.15) is 12.8 Å². The van der Waals surface area contributed by atoms with Gasteiger partial charge in [-0.2, -0.15) is 4.98 Å². The van der Waals surface area contributed by atoms with Crippen LogP contribution in [-0.2, 0) is 14.8 Å². The van der Waals surface area contributed by atoms with Crippen LogP contribution >= 0.6 is 0 Å². The fraction of sp³-hybridized carbons (Fsp3) is 0.296. The Labute approximate surface area is 220 Å². The first-order chi connectivity index (χ1) is 18.4. The molecule has 2 aromatic heterocycles. The minimum absolute atomic E-state index is 0.0569. The second kappa shape index (κ2) is 9.64. The third-order valence-corrected chi connectivity index (χ3v) is 8.71. The number of fused-ring (bicyclic) bond motifs is 1. The third-order valence-electron chi connectivity index (χ3n) is 7.01. The zero-order chi connectivity index (χ0) is 26.3. The second-order valence-corrected chi connectivity index (χ2v) is 11.3. The van der Waals surface area contributed by atoms with E-state index in [2.05, 4.69) is 20.2 Å². The first-order valence-corrected chi connectivity index (χ1v) is 14.0. The van der Waals surface area contributed by atoms with Gasteiger partial charge >= 0.3 is 0 Å². The molecule has 0 radical (unpaired) electrons. The van der Waals surface area contributed by atoms with E-state index in [1.165, 1.54) is 19.4 Å². The maximum Gasteiger partial charge on any atom is 0.273 e. The second-order valence-electron chi connectivity index (χ2n) is 9.50. The summed E-state index contributed by atoms with van der Waals surface area (Å²) in [6.07, 6.45) is 5.13. The molecule has 2 aromatic carbocycles. The number of carbonyl (C=O) groups excluding carboxylic acids is 1. The van der Waals surface area contributed by atoms with E-state index in [1.807, 2.05) is 29.2 Å². The normalized spacial score (nSPS) is 16.0. The van der Waals surface area contributed by atoms with Gasteiger partial charge in [0.25, 0.3) is 10.0 Å². The Kier molecular flexibility index (Phi) is 6.15. The third kappa shape index (κ3) is 4.53. The Hall–Kier alpha value is -4.12. The molecule has 38 heavy (non-hydrogen) atoms. The fourth-order valence-electron chi connectivity index (χ4n) is 4.75. The van der Waals surface area contributed by atoms with E-state index in [-0.39, 0.29) is 28.2 Å². The number of carbonyl (C=O) groups is 1. The molecule has 0 bridgehead atoms. The van der Waals surface area contributed by atoms with E-state index < -0.39 is 10.0 Å². The number of para-hydroxylation sites is 1. The number of methoxy groups -OCH3 is 1. The average molecular weight is 533 g/mol.